The summed E-state index contributed by atoms with van der Waals surface area (Å²) in [7, 11) is 0. The first-order chi connectivity index (χ1) is 12.1. The molecule has 5 nitrogen and oxygen atoms in total. The van der Waals surface area contributed by atoms with Crippen LogP contribution in [-0.4, -0.2) is 41.0 Å². The molecule has 0 unspecified atom stereocenters. The van der Waals surface area contributed by atoms with Crippen LogP contribution < -0.4 is 4.90 Å². The third-order valence-electron chi connectivity index (χ3n) is 4.54. The number of nitrogens with zero attached hydrogens (tertiary/aromatic N) is 2. The fourth-order valence-corrected chi connectivity index (χ4v) is 3.25. The first-order valence-corrected chi connectivity index (χ1v) is 8.51. The fourth-order valence-electron chi connectivity index (χ4n) is 3.25. The number of amides is 1. The molecule has 1 aliphatic heterocycles. The maximum atomic E-state index is 13.0. The average molecular weight is 338 g/mol. The van der Waals surface area contributed by atoms with E-state index in [1.54, 1.807) is 9.80 Å². The Hall–Kier alpha value is -2.66. The zero-order chi connectivity index (χ0) is 17.6. The van der Waals surface area contributed by atoms with E-state index < -0.39 is 12.0 Å². The van der Waals surface area contributed by atoms with Crippen molar-refractivity contribution in [2.75, 3.05) is 18.0 Å². The number of aliphatic carboxylic acids is 1. The molecule has 0 radical (unpaired) electrons. The average Bonchev–Trinajstić information content (AvgIpc) is 3.09. The van der Waals surface area contributed by atoms with Gasteiger partial charge in [0.2, 0.25) is 5.91 Å². The maximum absolute atomic E-state index is 13.0. The molecule has 1 fully saturated rings. The molecule has 1 atom stereocenters. The lowest BCUT2D eigenvalue weighted by Gasteiger charge is -2.27. The van der Waals surface area contributed by atoms with Gasteiger partial charge in [0.15, 0.2) is 0 Å². The van der Waals surface area contributed by atoms with Crippen LogP contribution in [0, 0.1) is 0 Å². The zero-order valence-electron chi connectivity index (χ0n) is 14.0. The summed E-state index contributed by atoms with van der Waals surface area (Å²) in [5, 5.41) is 9.32. The van der Waals surface area contributed by atoms with Gasteiger partial charge >= 0.3 is 5.97 Å². The van der Waals surface area contributed by atoms with Crippen molar-refractivity contribution in [1.82, 2.24) is 4.90 Å². The summed E-state index contributed by atoms with van der Waals surface area (Å²) in [6.45, 7) is 1.24. The number of rotatable bonds is 6. The highest BCUT2D eigenvalue weighted by Crippen LogP contribution is 2.21. The van der Waals surface area contributed by atoms with E-state index in [0.29, 0.717) is 19.5 Å². The van der Waals surface area contributed by atoms with Crippen molar-refractivity contribution in [2.45, 2.75) is 25.4 Å². The van der Waals surface area contributed by atoms with Gasteiger partial charge in [-0.3, -0.25) is 14.5 Å². The Balaban J connectivity index is 1.79. The molecular weight excluding hydrogens is 316 g/mol. The van der Waals surface area contributed by atoms with E-state index >= 15 is 0 Å². The van der Waals surface area contributed by atoms with Crippen LogP contribution >= 0.6 is 0 Å². The molecule has 0 spiro atoms. The summed E-state index contributed by atoms with van der Waals surface area (Å²) >= 11 is 0. The first kappa shape index (κ1) is 17.2. The Kier molecular flexibility index (Phi) is 5.46. The smallest absolute Gasteiger partial charge is 0.320 e. The van der Waals surface area contributed by atoms with E-state index in [4.69, 9.17) is 0 Å². The minimum Gasteiger partial charge on any atom is -0.480 e. The topological polar surface area (TPSA) is 60.9 Å². The zero-order valence-corrected chi connectivity index (χ0v) is 14.0. The van der Waals surface area contributed by atoms with Crippen LogP contribution in [0.15, 0.2) is 60.7 Å². The van der Waals surface area contributed by atoms with Gasteiger partial charge in [-0.15, -0.1) is 0 Å². The molecule has 1 N–H and O–H groups in total. The number of hydrogen-bond donors (Lipinski definition) is 1. The molecule has 130 valence electrons. The van der Waals surface area contributed by atoms with Gasteiger partial charge in [-0.05, 0) is 37.1 Å². The number of anilines is 1. The molecule has 25 heavy (non-hydrogen) atoms. The minimum atomic E-state index is -0.848. The van der Waals surface area contributed by atoms with Gasteiger partial charge in [-0.1, -0.05) is 48.5 Å². The van der Waals surface area contributed by atoms with E-state index in [9.17, 15) is 14.7 Å². The first-order valence-electron chi connectivity index (χ1n) is 8.51. The number of hydrogen-bond acceptors (Lipinski definition) is 3. The van der Waals surface area contributed by atoms with Gasteiger partial charge < -0.3 is 10.0 Å². The quantitative estimate of drug-likeness (QED) is 0.880. The molecule has 2 aromatic rings. The monoisotopic (exact) mass is 338 g/mol. The summed E-state index contributed by atoms with van der Waals surface area (Å²) in [6, 6.07) is 18.8. The Morgan fingerprint density at radius 3 is 2.32 bits per heavy atom. The number of benzene rings is 2. The highest BCUT2D eigenvalue weighted by atomic mass is 16.4. The van der Waals surface area contributed by atoms with Crippen molar-refractivity contribution >= 4 is 17.6 Å². The molecule has 1 aliphatic rings. The van der Waals surface area contributed by atoms with E-state index in [2.05, 4.69) is 0 Å². The van der Waals surface area contributed by atoms with Crippen molar-refractivity contribution in [3.05, 3.63) is 66.2 Å². The van der Waals surface area contributed by atoms with Crippen molar-refractivity contribution in [3.63, 3.8) is 0 Å². The van der Waals surface area contributed by atoms with Gasteiger partial charge in [0.05, 0.1) is 13.1 Å². The SMILES string of the molecule is O=C(O)[C@@H]1CCCN1CC(=O)N(Cc1ccccc1)c1ccccc1. The minimum absolute atomic E-state index is 0.0804. The van der Waals surface area contributed by atoms with Crippen molar-refractivity contribution in [3.8, 4) is 0 Å². The summed E-state index contributed by atoms with van der Waals surface area (Å²) in [6.07, 6.45) is 1.42. The third-order valence-corrected chi connectivity index (χ3v) is 4.54. The molecule has 0 bridgehead atoms. The van der Waals surface area contributed by atoms with Crippen LogP contribution in [0.3, 0.4) is 0 Å². The number of likely N-dealkylation sites (tertiary alicyclic amines) is 1. The van der Waals surface area contributed by atoms with Gasteiger partial charge in [-0.2, -0.15) is 0 Å². The number of carbonyl (C=O) groups is 2. The normalized spacial score (nSPS) is 17.4. The van der Waals surface area contributed by atoms with E-state index in [1.807, 2.05) is 60.7 Å². The molecule has 0 saturated carbocycles. The van der Waals surface area contributed by atoms with Crippen LogP contribution in [0.1, 0.15) is 18.4 Å². The van der Waals surface area contributed by atoms with E-state index in [0.717, 1.165) is 17.7 Å². The summed E-state index contributed by atoms with van der Waals surface area (Å²) in [4.78, 5) is 27.8. The molecule has 0 aliphatic carbocycles. The van der Waals surface area contributed by atoms with E-state index in [-0.39, 0.29) is 12.5 Å². The fraction of sp³-hybridized carbons (Fsp3) is 0.300. The van der Waals surface area contributed by atoms with Crippen LogP contribution in [0.25, 0.3) is 0 Å². The van der Waals surface area contributed by atoms with Crippen LogP contribution in [0.2, 0.25) is 0 Å². The van der Waals surface area contributed by atoms with Crippen LogP contribution in [0.5, 0.6) is 0 Å². The second-order valence-corrected chi connectivity index (χ2v) is 6.27. The van der Waals surface area contributed by atoms with Gasteiger partial charge in [-0.25, -0.2) is 0 Å². The highest BCUT2D eigenvalue weighted by Gasteiger charge is 2.32. The Bertz CT molecular complexity index is 718. The molecule has 3 rings (SSSR count). The number of carboxylic acids is 1. The lowest BCUT2D eigenvalue weighted by atomic mass is 10.2. The maximum Gasteiger partial charge on any atom is 0.320 e. The van der Waals surface area contributed by atoms with Crippen molar-refractivity contribution in [1.29, 1.82) is 0 Å². The molecule has 1 amide bonds. The Morgan fingerprint density at radius 1 is 1.04 bits per heavy atom. The standard InChI is InChI=1S/C20H22N2O3/c23-19(15-21-13-7-12-18(21)20(24)25)22(17-10-5-2-6-11-17)14-16-8-3-1-4-9-16/h1-6,8-11,18H,7,12-15H2,(H,24,25)/t18-/m0/s1. The summed E-state index contributed by atoms with van der Waals surface area (Å²) in [5.74, 6) is -0.928. The molecular formula is C20H22N2O3. The second kappa shape index (κ2) is 7.94. The highest BCUT2D eigenvalue weighted by molar-refractivity contribution is 5.95. The van der Waals surface area contributed by atoms with Crippen LogP contribution in [0.4, 0.5) is 5.69 Å². The van der Waals surface area contributed by atoms with E-state index in [1.165, 1.54) is 0 Å². The second-order valence-electron chi connectivity index (χ2n) is 6.27. The molecule has 0 aromatic heterocycles. The van der Waals surface area contributed by atoms with Gasteiger partial charge in [0.25, 0.3) is 0 Å². The Morgan fingerprint density at radius 2 is 1.68 bits per heavy atom. The predicted molar refractivity (Wildman–Crippen MR) is 96.3 cm³/mol. The van der Waals surface area contributed by atoms with Gasteiger partial charge in [0, 0.05) is 5.69 Å². The lowest BCUT2D eigenvalue weighted by Crippen LogP contribution is -2.44. The number of para-hydroxylation sites is 1. The number of carbonyl (C=O) groups excluding carboxylic acids is 1. The molecule has 2 aromatic carbocycles. The molecule has 1 saturated heterocycles. The summed E-state index contributed by atoms with van der Waals surface area (Å²) < 4.78 is 0. The molecule has 1 heterocycles. The van der Waals surface area contributed by atoms with Crippen LogP contribution in [-0.2, 0) is 16.1 Å². The lowest BCUT2D eigenvalue weighted by molar-refractivity contribution is -0.142. The largest absolute Gasteiger partial charge is 0.480 e. The van der Waals surface area contributed by atoms with Crippen molar-refractivity contribution < 1.29 is 14.7 Å². The third kappa shape index (κ3) is 4.25. The molecule has 5 heteroatoms. The van der Waals surface area contributed by atoms with Gasteiger partial charge in [0.1, 0.15) is 6.04 Å². The predicted octanol–water partition coefficient (Wildman–Crippen LogP) is 2.77. The Labute approximate surface area is 147 Å². The van der Waals surface area contributed by atoms with Crippen molar-refractivity contribution in [2.24, 2.45) is 0 Å². The number of carboxylic acid groups (broad SMARTS) is 1. The summed E-state index contributed by atoms with van der Waals surface area (Å²) in [5.41, 5.74) is 1.86.